The van der Waals surface area contributed by atoms with E-state index in [1.165, 1.54) is 12.1 Å². The van der Waals surface area contributed by atoms with E-state index >= 15 is 0 Å². The summed E-state index contributed by atoms with van der Waals surface area (Å²) < 4.78 is 63.2. The summed E-state index contributed by atoms with van der Waals surface area (Å²) in [6.45, 7) is 4.25. The zero-order valence-corrected chi connectivity index (χ0v) is 17.6. The van der Waals surface area contributed by atoms with Crippen LogP contribution in [0.1, 0.15) is 37.4 Å². The Morgan fingerprint density at radius 1 is 0.812 bits per heavy atom. The average Bonchev–Trinajstić information content (AvgIpc) is 2.82. The lowest BCUT2D eigenvalue weighted by Gasteiger charge is -2.29. The molecule has 1 saturated heterocycles. The van der Waals surface area contributed by atoms with Crippen LogP contribution in [0.25, 0.3) is 22.3 Å². The van der Waals surface area contributed by atoms with E-state index in [0.717, 1.165) is 25.3 Å². The summed E-state index contributed by atoms with van der Waals surface area (Å²) in [7, 11) is 0. The Balaban J connectivity index is 1.54. The van der Waals surface area contributed by atoms with E-state index in [0.29, 0.717) is 30.1 Å². The van der Waals surface area contributed by atoms with Crippen molar-refractivity contribution in [2.24, 2.45) is 5.92 Å². The van der Waals surface area contributed by atoms with Crippen LogP contribution in [-0.4, -0.2) is 6.61 Å². The minimum absolute atomic E-state index is 0.109. The lowest BCUT2D eigenvalue weighted by molar-refractivity contribution is -0.0210. The number of halogens is 4. The second kappa shape index (κ2) is 9.70. The third-order valence-corrected chi connectivity index (χ3v) is 6.07. The number of hydrogen-bond donors (Lipinski definition) is 0. The van der Waals surface area contributed by atoms with Gasteiger partial charge in [-0.3, -0.25) is 0 Å². The Bertz CT molecular complexity index is 1100. The molecule has 0 aliphatic carbocycles. The molecule has 3 aromatic rings. The second-order valence-corrected chi connectivity index (χ2v) is 8.14. The largest absolute Gasteiger partial charge is 0.373 e. The predicted molar refractivity (Wildman–Crippen MR) is 118 cm³/mol. The summed E-state index contributed by atoms with van der Waals surface area (Å²) in [4.78, 5) is 0. The summed E-state index contributed by atoms with van der Waals surface area (Å²) in [5.41, 5.74) is 1.34. The van der Waals surface area contributed by atoms with Gasteiger partial charge in [-0.2, -0.15) is 0 Å². The van der Waals surface area contributed by atoms with Gasteiger partial charge in [0.15, 0.2) is 23.3 Å². The van der Waals surface area contributed by atoms with Crippen molar-refractivity contribution in [3.05, 3.63) is 96.1 Å². The molecule has 3 aromatic carbocycles. The Labute approximate surface area is 185 Å². The van der Waals surface area contributed by atoms with Crippen molar-refractivity contribution in [2.45, 2.75) is 31.8 Å². The number of rotatable bonds is 6. The van der Waals surface area contributed by atoms with E-state index in [4.69, 9.17) is 4.74 Å². The molecular formula is C27H24F4O. The highest BCUT2D eigenvalue weighted by atomic mass is 19.2. The molecule has 1 aliphatic heterocycles. The molecule has 0 radical (unpaired) electrons. The fourth-order valence-electron chi connectivity index (χ4n) is 4.22. The van der Waals surface area contributed by atoms with Gasteiger partial charge in [0.1, 0.15) is 0 Å². The number of benzene rings is 3. The zero-order chi connectivity index (χ0) is 22.7. The molecule has 0 N–H and O–H groups in total. The monoisotopic (exact) mass is 440 g/mol. The quantitative estimate of drug-likeness (QED) is 0.279. The SMILES string of the molecule is C=CCCC1CCC(c2ccc(-c3ccc(-c4cccc(F)c4F)cc3)c(F)c2F)OC1. The third kappa shape index (κ3) is 4.49. The van der Waals surface area contributed by atoms with E-state index in [9.17, 15) is 17.6 Å². The van der Waals surface area contributed by atoms with Crippen LogP contribution >= 0.6 is 0 Å². The number of allylic oxidation sites excluding steroid dienone is 1. The van der Waals surface area contributed by atoms with E-state index in [1.54, 1.807) is 36.4 Å². The fourth-order valence-corrected chi connectivity index (χ4v) is 4.22. The first kappa shape index (κ1) is 22.3. The van der Waals surface area contributed by atoms with E-state index in [-0.39, 0.29) is 16.7 Å². The molecule has 1 heterocycles. The minimum atomic E-state index is -0.943. The molecule has 4 rings (SSSR count). The van der Waals surface area contributed by atoms with Crippen LogP contribution in [0.5, 0.6) is 0 Å². The maximum absolute atomic E-state index is 14.9. The molecule has 1 fully saturated rings. The van der Waals surface area contributed by atoms with Gasteiger partial charge in [-0.25, -0.2) is 17.6 Å². The van der Waals surface area contributed by atoms with Gasteiger partial charge in [0.2, 0.25) is 0 Å². The van der Waals surface area contributed by atoms with E-state index < -0.39 is 29.4 Å². The third-order valence-electron chi connectivity index (χ3n) is 6.07. The topological polar surface area (TPSA) is 9.23 Å². The maximum Gasteiger partial charge on any atom is 0.167 e. The van der Waals surface area contributed by atoms with Crippen molar-refractivity contribution < 1.29 is 22.3 Å². The molecule has 1 nitrogen and oxygen atoms in total. The van der Waals surface area contributed by atoms with Crippen LogP contribution in [0.15, 0.2) is 67.3 Å². The van der Waals surface area contributed by atoms with Gasteiger partial charge >= 0.3 is 0 Å². The molecule has 0 aromatic heterocycles. The molecule has 1 aliphatic rings. The summed E-state index contributed by atoms with van der Waals surface area (Å²) in [5, 5.41) is 0. The average molecular weight is 440 g/mol. The lowest BCUT2D eigenvalue weighted by atomic mass is 9.90. The maximum atomic E-state index is 14.9. The van der Waals surface area contributed by atoms with Gasteiger partial charge in [-0.15, -0.1) is 6.58 Å². The predicted octanol–water partition coefficient (Wildman–Crippen LogP) is 8.01. The Kier molecular flexibility index (Phi) is 6.75. The standard InChI is InChI=1S/C27H24F4O/c1-2-3-5-17-8-15-24(32-16-17)22-14-13-21(26(30)27(22)31)19-11-9-18(10-12-19)20-6-4-7-23(28)25(20)29/h2,4,6-7,9-14,17,24H,1,3,5,8,15-16H2. The van der Waals surface area contributed by atoms with E-state index in [1.807, 2.05) is 6.08 Å². The van der Waals surface area contributed by atoms with Crippen LogP contribution in [-0.2, 0) is 4.74 Å². The van der Waals surface area contributed by atoms with Crippen LogP contribution in [0.4, 0.5) is 17.6 Å². The lowest BCUT2D eigenvalue weighted by Crippen LogP contribution is -2.21. The summed E-state index contributed by atoms with van der Waals surface area (Å²) in [6, 6.07) is 13.3. The summed E-state index contributed by atoms with van der Waals surface area (Å²) in [5.74, 6) is -3.31. The highest BCUT2D eigenvalue weighted by Gasteiger charge is 2.27. The van der Waals surface area contributed by atoms with Crippen molar-refractivity contribution >= 4 is 0 Å². The van der Waals surface area contributed by atoms with Crippen molar-refractivity contribution in [1.29, 1.82) is 0 Å². The Morgan fingerprint density at radius 3 is 2.12 bits per heavy atom. The molecule has 2 atom stereocenters. The first-order valence-corrected chi connectivity index (χ1v) is 10.7. The van der Waals surface area contributed by atoms with Gasteiger partial charge in [-0.05, 0) is 48.8 Å². The normalized spacial score (nSPS) is 18.5. The number of ether oxygens (including phenoxy) is 1. The number of hydrogen-bond acceptors (Lipinski definition) is 1. The van der Waals surface area contributed by atoms with Gasteiger partial charge in [-0.1, -0.05) is 54.6 Å². The fraction of sp³-hybridized carbons (Fsp3) is 0.259. The first-order valence-electron chi connectivity index (χ1n) is 10.7. The van der Waals surface area contributed by atoms with Crippen LogP contribution in [0.2, 0.25) is 0 Å². The van der Waals surface area contributed by atoms with Crippen LogP contribution in [0.3, 0.4) is 0 Å². The second-order valence-electron chi connectivity index (χ2n) is 8.14. The highest BCUT2D eigenvalue weighted by molar-refractivity contribution is 5.71. The van der Waals surface area contributed by atoms with Gasteiger partial charge in [0, 0.05) is 16.7 Å². The minimum Gasteiger partial charge on any atom is -0.373 e. The Hall–Kier alpha value is -2.92. The van der Waals surface area contributed by atoms with Crippen molar-refractivity contribution in [2.75, 3.05) is 6.61 Å². The smallest absolute Gasteiger partial charge is 0.167 e. The van der Waals surface area contributed by atoms with E-state index in [2.05, 4.69) is 6.58 Å². The molecule has 0 bridgehead atoms. The first-order chi connectivity index (χ1) is 15.5. The molecule has 5 heteroatoms. The summed E-state index contributed by atoms with van der Waals surface area (Å²) in [6.07, 6.45) is 4.87. The van der Waals surface area contributed by atoms with Crippen LogP contribution in [0, 0.1) is 29.2 Å². The van der Waals surface area contributed by atoms with Crippen molar-refractivity contribution in [3.8, 4) is 22.3 Å². The molecule has 0 saturated carbocycles. The molecular weight excluding hydrogens is 416 g/mol. The molecule has 32 heavy (non-hydrogen) atoms. The molecule has 166 valence electrons. The van der Waals surface area contributed by atoms with Gasteiger partial charge in [0.05, 0.1) is 12.7 Å². The molecule has 0 amide bonds. The molecule has 2 unspecified atom stereocenters. The van der Waals surface area contributed by atoms with Gasteiger partial charge < -0.3 is 4.74 Å². The van der Waals surface area contributed by atoms with Gasteiger partial charge in [0.25, 0.3) is 0 Å². The zero-order valence-electron chi connectivity index (χ0n) is 17.6. The highest BCUT2D eigenvalue weighted by Crippen LogP contribution is 2.37. The summed E-state index contributed by atoms with van der Waals surface area (Å²) >= 11 is 0. The van der Waals surface area contributed by atoms with Crippen LogP contribution < -0.4 is 0 Å². The van der Waals surface area contributed by atoms with Crippen molar-refractivity contribution in [1.82, 2.24) is 0 Å². The molecule has 0 spiro atoms. The van der Waals surface area contributed by atoms with Crippen molar-refractivity contribution in [3.63, 3.8) is 0 Å². The Morgan fingerprint density at radius 2 is 1.50 bits per heavy atom.